The molecule has 0 saturated carbocycles. The molecule has 2 aromatic carbocycles. The molecule has 0 spiro atoms. The molecule has 31 heavy (non-hydrogen) atoms. The number of carbonyl (C=O) groups excluding carboxylic acids is 1. The van der Waals surface area contributed by atoms with E-state index in [1.807, 2.05) is 18.2 Å². The van der Waals surface area contributed by atoms with Crippen LogP contribution in [0.2, 0.25) is 0 Å². The lowest BCUT2D eigenvalue weighted by Crippen LogP contribution is -2.27. The minimum absolute atomic E-state index is 0.0149. The van der Waals surface area contributed by atoms with Gasteiger partial charge in [0.1, 0.15) is 5.65 Å². The summed E-state index contributed by atoms with van der Waals surface area (Å²) < 4.78 is 7.14. The summed E-state index contributed by atoms with van der Waals surface area (Å²) in [5, 5.41) is 2.90. The molecule has 0 aliphatic rings. The van der Waals surface area contributed by atoms with E-state index >= 15 is 0 Å². The van der Waals surface area contributed by atoms with Crippen molar-refractivity contribution in [3.63, 3.8) is 0 Å². The lowest BCUT2D eigenvalue weighted by Gasteiger charge is -2.09. The first-order valence-corrected chi connectivity index (χ1v) is 10.6. The second kappa shape index (κ2) is 9.58. The Balaban J connectivity index is 1.73. The molecule has 0 unspecified atom stereocenters. The molecule has 0 radical (unpaired) electrons. The Morgan fingerprint density at radius 2 is 1.77 bits per heavy atom. The number of aryl methyl sites for hydroxylation is 2. The number of carbonyl (C=O) groups is 1. The van der Waals surface area contributed by atoms with Gasteiger partial charge >= 0.3 is 0 Å². The molecule has 4 aromatic rings. The Labute approximate surface area is 182 Å². The highest BCUT2D eigenvalue weighted by Gasteiger charge is 2.16. The highest BCUT2D eigenvalue weighted by atomic mass is 16.5. The average molecular weight is 414 g/mol. The van der Waals surface area contributed by atoms with E-state index in [4.69, 9.17) is 9.72 Å². The summed E-state index contributed by atoms with van der Waals surface area (Å²) >= 11 is 0. The topological polar surface area (TPSA) is 55.6 Å². The quantitative estimate of drug-likeness (QED) is 0.427. The van der Waals surface area contributed by atoms with Crippen molar-refractivity contribution in [1.82, 2.24) is 14.7 Å². The van der Waals surface area contributed by atoms with Gasteiger partial charge in [-0.1, -0.05) is 54.6 Å². The number of ether oxygens (including phenoxy) is 1. The standard InChI is InChI=1S/C26H27N3O2/c1-19-8-6-7-11-22(19)21-12-14-24-28-26(20-9-4-3-5-10-20)23(29(24)18-21)13-15-25(30)27-16-17-31-2/h3-12,14,18H,13,15-17H2,1-2H3,(H,27,30). The number of amides is 1. The highest BCUT2D eigenvalue weighted by Crippen LogP contribution is 2.29. The number of fused-ring (bicyclic) bond motifs is 1. The van der Waals surface area contributed by atoms with Gasteiger partial charge in [0, 0.05) is 31.8 Å². The fourth-order valence-electron chi connectivity index (χ4n) is 3.83. The van der Waals surface area contributed by atoms with Gasteiger partial charge in [-0.15, -0.1) is 0 Å². The maximum atomic E-state index is 12.3. The molecule has 0 atom stereocenters. The third-order valence-electron chi connectivity index (χ3n) is 5.44. The van der Waals surface area contributed by atoms with Crippen LogP contribution in [0.4, 0.5) is 0 Å². The van der Waals surface area contributed by atoms with Gasteiger partial charge in [-0.3, -0.25) is 4.79 Å². The Bertz CT molecular complexity index is 1180. The fourth-order valence-corrected chi connectivity index (χ4v) is 3.83. The Hall–Kier alpha value is -3.44. The first-order chi connectivity index (χ1) is 15.2. The maximum Gasteiger partial charge on any atom is 0.220 e. The van der Waals surface area contributed by atoms with Gasteiger partial charge in [-0.2, -0.15) is 0 Å². The summed E-state index contributed by atoms with van der Waals surface area (Å²) in [5.74, 6) is 0.0149. The van der Waals surface area contributed by atoms with Gasteiger partial charge in [-0.05, 0) is 42.2 Å². The van der Waals surface area contributed by atoms with E-state index in [1.54, 1.807) is 7.11 Å². The molecule has 1 amide bonds. The molecule has 0 aliphatic heterocycles. The fraction of sp³-hybridized carbons (Fsp3) is 0.231. The summed E-state index contributed by atoms with van der Waals surface area (Å²) in [4.78, 5) is 17.2. The van der Waals surface area contributed by atoms with Gasteiger partial charge < -0.3 is 14.5 Å². The van der Waals surface area contributed by atoms with Gasteiger partial charge in [-0.25, -0.2) is 4.98 Å². The Morgan fingerprint density at radius 3 is 2.55 bits per heavy atom. The lowest BCUT2D eigenvalue weighted by atomic mass is 10.0. The van der Waals surface area contributed by atoms with E-state index in [2.05, 4.69) is 71.4 Å². The van der Waals surface area contributed by atoms with E-state index in [-0.39, 0.29) is 5.91 Å². The first-order valence-electron chi connectivity index (χ1n) is 10.6. The van der Waals surface area contributed by atoms with Crippen molar-refractivity contribution in [1.29, 1.82) is 0 Å². The molecule has 0 bridgehead atoms. The summed E-state index contributed by atoms with van der Waals surface area (Å²) in [6.07, 6.45) is 3.13. The van der Waals surface area contributed by atoms with Gasteiger partial charge in [0.15, 0.2) is 0 Å². The number of hydrogen-bond donors (Lipinski definition) is 1. The summed E-state index contributed by atoms with van der Waals surface area (Å²) in [7, 11) is 1.63. The van der Waals surface area contributed by atoms with Crippen molar-refractivity contribution in [2.45, 2.75) is 19.8 Å². The van der Waals surface area contributed by atoms with Crippen molar-refractivity contribution >= 4 is 11.6 Å². The molecular formula is C26H27N3O2. The number of nitrogens with one attached hydrogen (secondary N) is 1. The van der Waals surface area contributed by atoms with Crippen molar-refractivity contribution in [2.24, 2.45) is 0 Å². The van der Waals surface area contributed by atoms with Gasteiger partial charge in [0.05, 0.1) is 18.0 Å². The highest BCUT2D eigenvalue weighted by molar-refractivity contribution is 5.77. The van der Waals surface area contributed by atoms with Crippen molar-refractivity contribution in [3.8, 4) is 22.4 Å². The van der Waals surface area contributed by atoms with Crippen LogP contribution in [0.1, 0.15) is 17.7 Å². The van der Waals surface area contributed by atoms with Crippen LogP contribution in [-0.4, -0.2) is 35.6 Å². The number of methoxy groups -OCH3 is 1. The molecule has 5 heteroatoms. The van der Waals surface area contributed by atoms with Crippen molar-refractivity contribution < 1.29 is 9.53 Å². The number of nitrogens with zero attached hydrogens (tertiary/aromatic N) is 2. The molecular weight excluding hydrogens is 386 g/mol. The smallest absolute Gasteiger partial charge is 0.220 e. The van der Waals surface area contributed by atoms with Gasteiger partial charge in [0.2, 0.25) is 5.91 Å². The van der Waals surface area contributed by atoms with Crippen LogP contribution in [-0.2, 0) is 16.0 Å². The molecule has 2 aromatic heterocycles. The molecule has 0 aliphatic carbocycles. The zero-order valence-corrected chi connectivity index (χ0v) is 18.0. The minimum atomic E-state index is 0.0149. The van der Waals surface area contributed by atoms with E-state index in [0.717, 1.165) is 28.2 Å². The van der Waals surface area contributed by atoms with E-state index in [9.17, 15) is 4.79 Å². The van der Waals surface area contributed by atoms with Crippen LogP contribution in [0, 0.1) is 6.92 Å². The zero-order valence-electron chi connectivity index (χ0n) is 18.0. The monoisotopic (exact) mass is 413 g/mol. The van der Waals surface area contributed by atoms with Crippen LogP contribution >= 0.6 is 0 Å². The molecule has 1 N–H and O–H groups in total. The number of imidazole rings is 1. The molecule has 0 saturated heterocycles. The Morgan fingerprint density at radius 1 is 1.00 bits per heavy atom. The van der Waals surface area contributed by atoms with Crippen molar-refractivity contribution in [2.75, 3.05) is 20.3 Å². The van der Waals surface area contributed by atoms with Gasteiger partial charge in [0.25, 0.3) is 0 Å². The van der Waals surface area contributed by atoms with E-state index < -0.39 is 0 Å². The summed E-state index contributed by atoms with van der Waals surface area (Å²) in [6, 6.07) is 22.7. The third-order valence-corrected chi connectivity index (χ3v) is 5.44. The second-order valence-corrected chi connectivity index (χ2v) is 7.58. The summed E-state index contributed by atoms with van der Waals surface area (Å²) in [5.41, 5.74) is 7.45. The first kappa shape index (κ1) is 20.8. The van der Waals surface area contributed by atoms with Crippen LogP contribution in [0.15, 0.2) is 72.9 Å². The van der Waals surface area contributed by atoms with Crippen LogP contribution in [0.5, 0.6) is 0 Å². The maximum absolute atomic E-state index is 12.3. The van der Waals surface area contributed by atoms with E-state index in [0.29, 0.717) is 26.0 Å². The van der Waals surface area contributed by atoms with Crippen LogP contribution in [0.3, 0.4) is 0 Å². The van der Waals surface area contributed by atoms with Crippen LogP contribution in [0.25, 0.3) is 28.0 Å². The van der Waals surface area contributed by atoms with Crippen molar-refractivity contribution in [3.05, 3.63) is 84.2 Å². The average Bonchev–Trinajstić information content (AvgIpc) is 3.16. The predicted molar refractivity (Wildman–Crippen MR) is 124 cm³/mol. The second-order valence-electron chi connectivity index (χ2n) is 7.58. The normalized spacial score (nSPS) is 11.0. The third kappa shape index (κ3) is 4.67. The largest absolute Gasteiger partial charge is 0.383 e. The lowest BCUT2D eigenvalue weighted by molar-refractivity contribution is -0.121. The number of benzene rings is 2. The zero-order chi connectivity index (χ0) is 21.6. The molecule has 158 valence electrons. The number of aromatic nitrogens is 2. The Kier molecular flexibility index (Phi) is 6.43. The number of hydrogen-bond acceptors (Lipinski definition) is 3. The summed E-state index contributed by atoms with van der Waals surface area (Å²) in [6.45, 7) is 3.15. The SMILES string of the molecule is COCCNC(=O)CCc1c(-c2ccccc2)nc2ccc(-c3ccccc3C)cn12. The predicted octanol–water partition coefficient (Wildman–Crippen LogP) is 4.67. The molecule has 4 rings (SSSR count). The number of rotatable bonds is 8. The molecule has 2 heterocycles. The van der Waals surface area contributed by atoms with E-state index in [1.165, 1.54) is 11.1 Å². The number of pyridine rings is 1. The minimum Gasteiger partial charge on any atom is -0.383 e. The molecule has 0 fully saturated rings. The van der Waals surface area contributed by atoms with Crippen LogP contribution < -0.4 is 5.32 Å². The molecule has 5 nitrogen and oxygen atoms in total.